The zero-order valence-electron chi connectivity index (χ0n) is 11.6. The van der Waals surface area contributed by atoms with E-state index in [-0.39, 0.29) is 18.4 Å². The number of carbonyl (C=O) groups is 2. The fourth-order valence-corrected chi connectivity index (χ4v) is 2.54. The summed E-state index contributed by atoms with van der Waals surface area (Å²) in [5.41, 5.74) is 2.70. The highest BCUT2D eigenvalue weighted by Gasteiger charge is 2.25. The van der Waals surface area contributed by atoms with Gasteiger partial charge in [-0.15, -0.1) is 0 Å². The van der Waals surface area contributed by atoms with Crippen molar-refractivity contribution in [2.75, 3.05) is 16.8 Å². The van der Waals surface area contributed by atoms with Gasteiger partial charge in [-0.25, -0.2) is 0 Å². The van der Waals surface area contributed by atoms with E-state index >= 15 is 0 Å². The normalized spacial score (nSPS) is 13.7. The first kappa shape index (κ1) is 13.4. The number of nitrogens with one attached hydrogen (secondary N) is 1. The van der Waals surface area contributed by atoms with Gasteiger partial charge in [0.25, 0.3) is 0 Å². The molecule has 0 radical (unpaired) electrons. The monoisotopic (exact) mass is 280 g/mol. The second-order valence-corrected chi connectivity index (χ2v) is 5.02. The molecule has 2 amide bonds. The number of nitrogens with zero attached hydrogens (tertiary/aromatic N) is 1. The molecular formula is C17H16N2O2. The van der Waals surface area contributed by atoms with Crippen molar-refractivity contribution < 1.29 is 9.59 Å². The highest BCUT2D eigenvalue weighted by atomic mass is 16.2. The Balaban J connectivity index is 1.75. The second kappa shape index (κ2) is 5.79. The quantitative estimate of drug-likeness (QED) is 0.939. The number of carbonyl (C=O) groups excluding carboxylic acids is 2. The average Bonchev–Trinajstić information content (AvgIpc) is 2.51. The molecule has 106 valence electrons. The third kappa shape index (κ3) is 2.94. The van der Waals surface area contributed by atoms with Crippen LogP contribution in [0.3, 0.4) is 0 Å². The predicted molar refractivity (Wildman–Crippen MR) is 82.2 cm³/mol. The molecule has 1 N–H and O–H groups in total. The van der Waals surface area contributed by atoms with Crippen molar-refractivity contribution in [1.82, 2.24) is 0 Å². The lowest BCUT2D eigenvalue weighted by atomic mass is 10.0. The smallest absolute Gasteiger partial charge is 0.244 e. The van der Waals surface area contributed by atoms with Gasteiger partial charge < -0.3 is 10.2 Å². The van der Waals surface area contributed by atoms with Crippen LogP contribution in [-0.2, 0) is 16.0 Å². The summed E-state index contributed by atoms with van der Waals surface area (Å²) in [7, 11) is 0. The van der Waals surface area contributed by atoms with Crippen LogP contribution in [0.25, 0.3) is 0 Å². The molecule has 21 heavy (non-hydrogen) atoms. The maximum absolute atomic E-state index is 12.1. The zero-order valence-corrected chi connectivity index (χ0v) is 11.6. The zero-order chi connectivity index (χ0) is 14.7. The number of aryl methyl sites for hydroxylation is 1. The molecule has 0 saturated carbocycles. The lowest BCUT2D eigenvalue weighted by molar-refractivity contribution is -0.121. The van der Waals surface area contributed by atoms with Crippen LogP contribution in [0.5, 0.6) is 0 Å². The minimum Gasteiger partial charge on any atom is -0.325 e. The van der Waals surface area contributed by atoms with Gasteiger partial charge in [0.2, 0.25) is 11.8 Å². The second-order valence-electron chi connectivity index (χ2n) is 5.02. The Morgan fingerprint density at radius 3 is 2.52 bits per heavy atom. The molecule has 3 rings (SSSR count). The number of para-hydroxylation sites is 2. The first-order valence-corrected chi connectivity index (χ1v) is 6.97. The van der Waals surface area contributed by atoms with Crippen LogP contribution >= 0.6 is 0 Å². The largest absolute Gasteiger partial charge is 0.325 e. The van der Waals surface area contributed by atoms with Crippen molar-refractivity contribution in [2.45, 2.75) is 12.8 Å². The fourth-order valence-electron chi connectivity index (χ4n) is 2.54. The molecule has 2 aromatic carbocycles. The van der Waals surface area contributed by atoms with Crippen molar-refractivity contribution in [1.29, 1.82) is 0 Å². The van der Waals surface area contributed by atoms with E-state index in [0.717, 1.165) is 23.4 Å². The summed E-state index contributed by atoms with van der Waals surface area (Å²) >= 11 is 0. The van der Waals surface area contributed by atoms with Crippen LogP contribution in [0.15, 0.2) is 54.6 Å². The Kier molecular flexibility index (Phi) is 3.69. The van der Waals surface area contributed by atoms with E-state index in [9.17, 15) is 9.59 Å². The van der Waals surface area contributed by atoms with E-state index in [0.29, 0.717) is 6.42 Å². The highest BCUT2D eigenvalue weighted by Crippen LogP contribution is 2.27. The molecule has 0 fully saturated rings. The molecule has 4 heteroatoms. The Hall–Kier alpha value is -2.62. The summed E-state index contributed by atoms with van der Waals surface area (Å²) in [4.78, 5) is 25.8. The molecule has 0 aliphatic carbocycles. The Labute approximate surface area is 123 Å². The topological polar surface area (TPSA) is 49.4 Å². The summed E-state index contributed by atoms with van der Waals surface area (Å²) in [6, 6.07) is 17.0. The maximum atomic E-state index is 12.1. The number of hydrogen-bond donors (Lipinski definition) is 1. The number of anilines is 2. The predicted octanol–water partition coefficient (Wildman–Crippen LogP) is 2.60. The number of hydrogen-bond acceptors (Lipinski definition) is 2. The highest BCUT2D eigenvalue weighted by molar-refractivity contribution is 6.04. The van der Waals surface area contributed by atoms with Gasteiger partial charge in [0, 0.05) is 17.8 Å². The van der Waals surface area contributed by atoms with Gasteiger partial charge in [-0.3, -0.25) is 9.59 Å². The van der Waals surface area contributed by atoms with Gasteiger partial charge in [0.1, 0.15) is 6.54 Å². The van der Waals surface area contributed by atoms with Crippen molar-refractivity contribution >= 4 is 23.2 Å². The van der Waals surface area contributed by atoms with E-state index < -0.39 is 0 Å². The van der Waals surface area contributed by atoms with Crippen LogP contribution in [-0.4, -0.2) is 18.4 Å². The van der Waals surface area contributed by atoms with Crippen molar-refractivity contribution in [3.05, 3.63) is 60.2 Å². The molecule has 4 nitrogen and oxygen atoms in total. The standard InChI is InChI=1S/C17H16N2O2/c20-16(18-14-7-2-1-3-8-14)12-19-15-9-5-4-6-13(15)10-11-17(19)21/h1-9H,10-12H2,(H,18,20). The first-order chi connectivity index (χ1) is 10.2. The number of fused-ring (bicyclic) bond motifs is 1. The molecule has 0 aromatic heterocycles. The molecule has 2 aromatic rings. The van der Waals surface area contributed by atoms with E-state index in [1.165, 1.54) is 0 Å². The van der Waals surface area contributed by atoms with E-state index in [1.807, 2.05) is 54.6 Å². The molecular weight excluding hydrogens is 264 g/mol. The van der Waals surface area contributed by atoms with Gasteiger partial charge >= 0.3 is 0 Å². The SMILES string of the molecule is O=C(CN1C(=O)CCc2ccccc21)Nc1ccccc1. The first-order valence-electron chi connectivity index (χ1n) is 6.97. The lowest BCUT2D eigenvalue weighted by Crippen LogP contribution is -2.40. The number of rotatable bonds is 3. The molecule has 0 bridgehead atoms. The van der Waals surface area contributed by atoms with E-state index in [2.05, 4.69) is 5.32 Å². The maximum Gasteiger partial charge on any atom is 0.244 e. The molecule has 0 atom stereocenters. The molecule has 0 saturated heterocycles. The van der Waals surface area contributed by atoms with E-state index in [4.69, 9.17) is 0 Å². The number of benzene rings is 2. The van der Waals surface area contributed by atoms with Crippen LogP contribution in [0.2, 0.25) is 0 Å². The average molecular weight is 280 g/mol. The fraction of sp³-hybridized carbons (Fsp3) is 0.176. The molecule has 0 unspecified atom stereocenters. The third-order valence-corrected chi connectivity index (χ3v) is 3.55. The molecule has 0 spiro atoms. The van der Waals surface area contributed by atoms with Crippen molar-refractivity contribution in [3.8, 4) is 0 Å². The molecule has 1 aliphatic heterocycles. The van der Waals surface area contributed by atoms with Gasteiger partial charge in [0.15, 0.2) is 0 Å². The van der Waals surface area contributed by atoms with Crippen LogP contribution in [0.4, 0.5) is 11.4 Å². The van der Waals surface area contributed by atoms with Gasteiger partial charge in [-0.1, -0.05) is 36.4 Å². The summed E-state index contributed by atoms with van der Waals surface area (Å²) in [5.74, 6) is -0.192. The van der Waals surface area contributed by atoms with Crippen LogP contribution in [0, 0.1) is 0 Å². The van der Waals surface area contributed by atoms with E-state index in [1.54, 1.807) is 4.90 Å². The Bertz CT molecular complexity index is 668. The van der Waals surface area contributed by atoms with Crippen LogP contribution in [0.1, 0.15) is 12.0 Å². The van der Waals surface area contributed by atoms with Gasteiger partial charge in [-0.2, -0.15) is 0 Å². The minimum absolute atomic E-state index is 0.00286. The lowest BCUT2D eigenvalue weighted by Gasteiger charge is -2.28. The molecule has 1 heterocycles. The van der Waals surface area contributed by atoms with Crippen LogP contribution < -0.4 is 10.2 Å². The van der Waals surface area contributed by atoms with Crippen molar-refractivity contribution in [3.63, 3.8) is 0 Å². The summed E-state index contributed by atoms with van der Waals surface area (Å²) < 4.78 is 0. The minimum atomic E-state index is -0.189. The molecule has 1 aliphatic rings. The third-order valence-electron chi connectivity index (χ3n) is 3.55. The summed E-state index contributed by atoms with van der Waals surface area (Å²) in [6.45, 7) is 0.0464. The Morgan fingerprint density at radius 2 is 1.71 bits per heavy atom. The number of amides is 2. The summed E-state index contributed by atoms with van der Waals surface area (Å²) in [6.07, 6.45) is 1.20. The van der Waals surface area contributed by atoms with Gasteiger partial charge in [0.05, 0.1) is 0 Å². The van der Waals surface area contributed by atoms with Gasteiger partial charge in [-0.05, 0) is 30.2 Å². The van der Waals surface area contributed by atoms with Crippen molar-refractivity contribution in [2.24, 2.45) is 0 Å². The summed E-state index contributed by atoms with van der Waals surface area (Å²) in [5, 5.41) is 2.81. The Morgan fingerprint density at radius 1 is 1.00 bits per heavy atom.